The van der Waals surface area contributed by atoms with Gasteiger partial charge in [0.1, 0.15) is 5.58 Å². The molecule has 63 heavy (non-hydrogen) atoms. The number of furan rings is 1. The standard InChI is InChI=1S/C57H35N5O/c1-4-17-36(18-5-1)55-58-56(37-19-6-2-7-20-37)60-57(59-55)39-22-16-21-38(33-39)45-35-47-43-26-12-15-30-51(43)63-54(47)53-52(45)44-27-11-14-29-49(44)62(53)41-31-32-50-46(34-41)42-25-10-13-28-48(42)61(50)40-23-8-3-9-24-40/h1-35H. The molecule has 0 atom stereocenters. The molecule has 0 unspecified atom stereocenters. The molecule has 13 aromatic rings. The monoisotopic (exact) mass is 805 g/mol. The van der Waals surface area contributed by atoms with Gasteiger partial charge in [-0.1, -0.05) is 152 Å². The number of para-hydroxylation sites is 4. The molecule has 0 spiro atoms. The highest BCUT2D eigenvalue weighted by Crippen LogP contribution is 2.46. The lowest BCUT2D eigenvalue weighted by Crippen LogP contribution is -2.00. The molecule has 0 saturated carbocycles. The lowest BCUT2D eigenvalue weighted by molar-refractivity contribution is 0.671. The second-order valence-electron chi connectivity index (χ2n) is 16.0. The third-order valence-corrected chi connectivity index (χ3v) is 12.3. The zero-order valence-corrected chi connectivity index (χ0v) is 33.9. The van der Waals surface area contributed by atoms with Crippen molar-refractivity contribution in [1.29, 1.82) is 0 Å². The minimum absolute atomic E-state index is 0.612. The molecule has 0 N–H and O–H groups in total. The third kappa shape index (κ3) is 5.55. The van der Waals surface area contributed by atoms with E-state index in [9.17, 15) is 0 Å². The molecule has 0 aliphatic carbocycles. The fourth-order valence-electron chi connectivity index (χ4n) is 9.54. The highest BCUT2D eigenvalue weighted by atomic mass is 16.3. The second kappa shape index (κ2) is 14.0. The van der Waals surface area contributed by atoms with Crippen molar-refractivity contribution in [1.82, 2.24) is 24.1 Å². The summed E-state index contributed by atoms with van der Waals surface area (Å²) in [5, 5.41) is 6.77. The maximum absolute atomic E-state index is 6.92. The van der Waals surface area contributed by atoms with Gasteiger partial charge < -0.3 is 13.6 Å². The van der Waals surface area contributed by atoms with Crippen LogP contribution in [0.15, 0.2) is 217 Å². The van der Waals surface area contributed by atoms with Gasteiger partial charge >= 0.3 is 0 Å². The van der Waals surface area contributed by atoms with E-state index in [4.69, 9.17) is 19.4 Å². The van der Waals surface area contributed by atoms with E-state index in [0.29, 0.717) is 17.5 Å². The van der Waals surface area contributed by atoms with Crippen LogP contribution < -0.4 is 0 Å². The molecule has 0 saturated heterocycles. The van der Waals surface area contributed by atoms with Crippen LogP contribution in [0.4, 0.5) is 0 Å². The Morgan fingerprint density at radius 1 is 0.333 bits per heavy atom. The van der Waals surface area contributed by atoms with Crippen LogP contribution in [0.5, 0.6) is 0 Å². The number of hydrogen-bond donors (Lipinski definition) is 0. The lowest BCUT2D eigenvalue weighted by Gasteiger charge is -2.12. The summed E-state index contributed by atoms with van der Waals surface area (Å²) in [7, 11) is 0. The Labute approximate surface area is 361 Å². The summed E-state index contributed by atoms with van der Waals surface area (Å²) in [6.45, 7) is 0. The van der Waals surface area contributed by atoms with E-state index >= 15 is 0 Å². The zero-order chi connectivity index (χ0) is 41.4. The quantitative estimate of drug-likeness (QED) is 0.168. The molecule has 4 heterocycles. The van der Waals surface area contributed by atoms with Crippen molar-refractivity contribution in [2.45, 2.75) is 0 Å². The van der Waals surface area contributed by atoms with Crippen LogP contribution in [0.2, 0.25) is 0 Å². The largest absolute Gasteiger partial charge is 0.454 e. The van der Waals surface area contributed by atoms with Crippen molar-refractivity contribution in [3.8, 4) is 56.7 Å². The van der Waals surface area contributed by atoms with E-state index in [1.54, 1.807) is 0 Å². The van der Waals surface area contributed by atoms with Crippen LogP contribution in [-0.2, 0) is 0 Å². The number of rotatable bonds is 6. The van der Waals surface area contributed by atoms with Gasteiger partial charge in [0.15, 0.2) is 23.1 Å². The molecule has 0 fully saturated rings. The predicted molar refractivity (Wildman–Crippen MR) is 258 cm³/mol. The van der Waals surface area contributed by atoms with Gasteiger partial charge in [0.25, 0.3) is 0 Å². The van der Waals surface area contributed by atoms with E-state index < -0.39 is 0 Å². The summed E-state index contributed by atoms with van der Waals surface area (Å²) in [6, 6.07) is 74.4. The molecule has 0 radical (unpaired) electrons. The van der Waals surface area contributed by atoms with Crippen molar-refractivity contribution in [3.63, 3.8) is 0 Å². The Bertz CT molecular complexity index is 3850. The van der Waals surface area contributed by atoms with E-state index in [0.717, 1.165) is 88.5 Å². The zero-order valence-electron chi connectivity index (χ0n) is 33.9. The minimum Gasteiger partial charge on any atom is -0.454 e. The van der Waals surface area contributed by atoms with Crippen LogP contribution in [-0.4, -0.2) is 24.1 Å². The Balaban J connectivity index is 1.08. The first-order valence-corrected chi connectivity index (χ1v) is 21.2. The minimum atomic E-state index is 0.612. The average Bonchev–Trinajstić information content (AvgIpc) is 4.02. The van der Waals surface area contributed by atoms with Gasteiger partial charge in [0.05, 0.1) is 22.1 Å². The smallest absolute Gasteiger partial charge is 0.164 e. The van der Waals surface area contributed by atoms with E-state index in [-0.39, 0.29) is 0 Å². The van der Waals surface area contributed by atoms with E-state index in [2.05, 4.69) is 155 Å². The SMILES string of the molecule is c1ccc(-c2nc(-c3ccccc3)nc(-c3cccc(-c4cc5c6ccccc6oc5c5c4c4ccccc4n5-c4ccc5c(c4)c4ccccc4n5-c4ccccc4)c3)n2)cc1. The highest BCUT2D eigenvalue weighted by molar-refractivity contribution is 6.26. The van der Waals surface area contributed by atoms with Gasteiger partial charge in [-0.25, -0.2) is 15.0 Å². The first-order chi connectivity index (χ1) is 31.2. The van der Waals surface area contributed by atoms with Gasteiger partial charge in [-0.2, -0.15) is 0 Å². The summed E-state index contributed by atoms with van der Waals surface area (Å²) >= 11 is 0. The molecule has 294 valence electrons. The van der Waals surface area contributed by atoms with Crippen LogP contribution in [0.1, 0.15) is 0 Å². The fraction of sp³-hybridized carbons (Fsp3) is 0. The molecular formula is C57H35N5O. The molecule has 0 aliphatic rings. The van der Waals surface area contributed by atoms with Crippen molar-refractivity contribution in [2.24, 2.45) is 0 Å². The van der Waals surface area contributed by atoms with Crippen molar-refractivity contribution >= 4 is 65.6 Å². The number of fused-ring (bicyclic) bond motifs is 10. The summed E-state index contributed by atoms with van der Waals surface area (Å²) in [4.78, 5) is 15.2. The summed E-state index contributed by atoms with van der Waals surface area (Å²) in [6.07, 6.45) is 0. The Morgan fingerprint density at radius 3 is 1.59 bits per heavy atom. The van der Waals surface area contributed by atoms with Crippen LogP contribution >= 0.6 is 0 Å². The first kappa shape index (κ1) is 35.2. The molecule has 0 bridgehead atoms. The summed E-state index contributed by atoms with van der Waals surface area (Å²) in [5.41, 5.74) is 13.3. The van der Waals surface area contributed by atoms with Gasteiger partial charge in [-0.15, -0.1) is 0 Å². The van der Waals surface area contributed by atoms with Crippen LogP contribution in [0.25, 0.3) is 122 Å². The fourth-order valence-corrected chi connectivity index (χ4v) is 9.54. The van der Waals surface area contributed by atoms with Crippen molar-refractivity contribution in [3.05, 3.63) is 212 Å². The summed E-state index contributed by atoms with van der Waals surface area (Å²) in [5.74, 6) is 1.87. The predicted octanol–water partition coefficient (Wildman–Crippen LogP) is 14.6. The molecule has 6 heteroatoms. The number of benzene rings is 9. The van der Waals surface area contributed by atoms with E-state index in [1.807, 2.05) is 66.7 Å². The molecular weight excluding hydrogens is 771 g/mol. The number of aromatic nitrogens is 5. The van der Waals surface area contributed by atoms with Gasteiger partial charge in [-0.05, 0) is 71.8 Å². The first-order valence-electron chi connectivity index (χ1n) is 21.2. The highest BCUT2D eigenvalue weighted by Gasteiger charge is 2.24. The lowest BCUT2D eigenvalue weighted by atomic mass is 9.95. The van der Waals surface area contributed by atoms with Gasteiger partial charge in [0, 0.05) is 60.4 Å². The van der Waals surface area contributed by atoms with Gasteiger partial charge in [-0.3, -0.25) is 0 Å². The van der Waals surface area contributed by atoms with Crippen LogP contribution in [0.3, 0.4) is 0 Å². The second-order valence-corrected chi connectivity index (χ2v) is 16.0. The number of hydrogen-bond acceptors (Lipinski definition) is 4. The summed E-state index contributed by atoms with van der Waals surface area (Å²) < 4.78 is 11.7. The molecule has 0 aliphatic heterocycles. The third-order valence-electron chi connectivity index (χ3n) is 12.3. The van der Waals surface area contributed by atoms with Crippen molar-refractivity contribution < 1.29 is 4.42 Å². The van der Waals surface area contributed by atoms with Gasteiger partial charge in [0.2, 0.25) is 0 Å². The normalized spacial score (nSPS) is 11.8. The maximum Gasteiger partial charge on any atom is 0.164 e. The average molecular weight is 806 g/mol. The van der Waals surface area contributed by atoms with E-state index in [1.165, 1.54) is 16.3 Å². The molecule has 6 nitrogen and oxygen atoms in total. The molecule has 13 rings (SSSR count). The molecule has 9 aromatic carbocycles. The van der Waals surface area contributed by atoms with Crippen molar-refractivity contribution in [2.75, 3.05) is 0 Å². The molecule has 0 amide bonds. The Hall–Kier alpha value is -8.61. The topological polar surface area (TPSA) is 61.7 Å². The Kier molecular flexibility index (Phi) is 7.80. The Morgan fingerprint density at radius 2 is 0.873 bits per heavy atom. The maximum atomic E-state index is 6.92. The van der Waals surface area contributed by atoms with Crippen LogP contribution in [0, 0.1) is 0 Å². The molecule has 4 aromatic heterocycles. The number of nitrogens with zero attached hydrogens (tertiary/aromatic N) is 5.